The lowest BCUT2D eigenvalue weighted by atomic mass is 10.2. The number of hydrogen-bond donors (Lipinski definition) is 0. The molecule has 0 saturated heterocycles. The molecule has 1 amide bonds. The first-order valence-corrected chi connectivity index (χ1v) is 9.55. The monoisotopic (exact) mass is 455 g/mol. The summed E-state index contributed by atoms with van der Waals surface area (Å²) < 4.78 is 41.0. The highest BCUT2D eigenvalue weighted by Gasteiger charge is 2.32. The number of benzene rings is 2. The number of alkyl halides is 2. The zero-order valence-corrected chi connectivity index (χ0v) is 16.8. The van der Waals surface area contributed by atoms with E-state index in [1.807, 2.05) is 12.1 Å². The van der Waals surface area contributed by atoms with Crippen LogP contribution in [0.15, 0.2) is 46.9 Å². The van der Waals surface area contributed by atoms with Gasteiger partial charge < -0.3 is 19.1 Å². The van der Waals surface area contributed by atoms with Gasteiger partial charge in [-0.2, -0.15) is 8.78 Å². The molecule has 28 heavy (non-hydrogen) atoms. The van der Waals surface area contributed by atoms with E-state index in [4.69, 9.17) is 9.47 Å². The Morgan fingerprint density at radius 2 is 1.89 bits per heavy atom. The average Bonchev–Trinajstić information content (AvgIpc) is 3.51. The molecule has 1 saturated carbocycles. The zero-order valence-electron chi connectivity index (χ0n) is 15.2. The number of hydrogen-bond acceptors (Lipinski definition) is 4. The molecule has 0 heterocycles. The lowest BCUT2D eigenvalue weighted by Gasteiger charge is -2.23. The Morgan fingerprint density at radius 3 is 2.50 bits per heavy atom. The van der Waals surface area contributed by atoms with Gasteiger partial charge in [0.05, 0.1) is 7.11 Å². The SMILES string of the molecule is COc1cc(CN(C(=O)COc2ccc(Br)cc2)C2CC2)ccc1OC(F)F. The summed E-state index contributed by atoms with van der Waals surface area (Å²) in [5.41, 5.74) is 0.766. The lowest BCUT2D eigenvalue weighted by Crippen LogP contribution is -2.36. The van der Waals surface area contributed by atoms with Crippen LogP contribution in [0.5, 0.6) is 17.2 Å². The average molecular weight is 456 g/mol. The maximum atomic E-state index is 12.7. The molecule has 1 fully saturated rings. The van der Waals surface area contributed by atoms with Crippen molar-refractivity contribution in [2.24, 2.45) is 0 Å². The van der Waals surface area contributed by atoms with Crippen molar-refractivity contribution < 1.29 is 27.8 Å². The van der Waals surface area contributed by atoms with Crippen molar-refractivity contribution in [2.75, 3.05) is 13.7 Å². The van der Waals surface area contributed by atoms with Gasteiger partial charge in [-0.25, -0.2) is 0 Å². The fourth-order valence-corrected chi connectivity index (χ4v) is 3.03. The minimum absolute atomic E-state index is 0.0379. The zero-order chi connectivity index (χ0) is 20.1. The molecule has 3 rings (SSSR count). The van der Waals surface area contributed by atoms with Crippen LogP contribution in [0.25, 0.3) is 0 Å². The summed E-state index contributed by atoms with van der Waals surface area (Å²) in [5.74, 6) is 0.649. The number of rotatable bonds is 9. The number of carbonyl (C=O) groups is 1. The van der Waals surface area contributed by atoms with Crippen LogP contribution >= 0.6 is 15.9 Å². The topological polar surface area (TPSA) is 48.0 Å². The van der Waals surface area contributed by atoms with Crippen LogP contribution in [0.3, 0.4) is 0 Å². The quantitative estimate of drug-likeness (QED) is 0.552. The van der Waals surface area contributed by atoms with Gasteiger partial charge >= 0.3 is 6.61 Å². The molecule has 0 aromatic heterocycles. The van der Waals surface area contributed by atoms with E-state index in [1.54, 1.807) is 29.2 Å². The van der Waals surface area contributed by atoms with Gasteiger partial charge in [-0.15, -0.1) is 0 Å². The van der Waals surface area contributed by atoms with Crippen molar-refractivity contribution in [1.29, 1.82) is 0 Å². The summed E-state index contributed by atoms with van der Waals surface area (Å²) in [6, 6.07) is 12.1. The highest BCUT2D eigenvalue weighted by atomic mass is 79.9. The highest BCUT2D eigenvalue weighted by Crippen LogP contribution is 2.32. The number of methoxy groups -OCH3 is 1. The lowest BCUT2D eigenvalue weighted by molar-refractivity contribution is -0.134. The standard InChI is InChI=1S/C20H20BrF2NO4/c1-26-18-10-13(2-9-17(18)28-20(22)23)11-24(15-5-6-15)19(25)12-27-16-7-3-14(21)4-8-16/h2-4,7-10,15,20H,5-6,11-12H2,1H3. The predicted octanol–water partition coefficient (Wildman–Crippen LogP) is 4.63. The van der Waals surface area contributed by atoms with Crippen molar-refractivity contribution in [3.63, 3.8) is 0 Å². The first-order valence-electron chi connectivity index (χ1n) is 8.76. The molecule has 0 spiro atoms. The molecular weight excluding hydrogens is 436 g/mol. The first-order chi connectivity index (χ1) is 13.5. The molecule has 0 radical (unpaired) electrons. The maximum absolute atomic E-state index is 12.7. The third kappa shape index (κ3) is 5.58. The molecule has 5 nitrogen and oxygen atoms in total. The molecule has 2 aromatic carbocycles. The largest absolute Gasteiger partial charge is 0.493 e. The van der Waals surface area contributed by atoms with E-state index in [9.17, 15) is 13.6 Å². The van der Waals surface area contributed by atoms with Gasteiger partial charge in [0, 0.05) is 17.1 Å². The van der Waals surface area contributed by atoms with E-state index in [0.717, 1.165) is 22.9 Å². The fourth-order valence-electron chi connectivity index (χ4n) is 2.77. The number of carbonyl (C=O) groups excluding carboxylic acids is 1. The second kappa shape index (κ2) is 9.23. The van der Waals surface area contributed by atoms with E-state index in [2.05, 4.69) is 20.7 Å². The van der Waals surface area contributed by atoms with Gasteiger partial charge in [0.25, 0.3) is 5.91 Å². The molecule has 1 aliphatic rings. The van der Waals surface area contributed by atoms with Gasteiger partial charge in [0.15, 0.2) is 18.1 Å². The summed E-state index contributed by atoms with van der Waals surface area (Å²) in [7, 11) is 1.38. The van der Waals surface area contributed by atoms with Gasteiger partial charge in [-0.05, 0) is 54.8 Å². The normalized spacial score (nSPS) is 13.3. The molecule has 0 bridgehead atoms. The van der Waals surface area contributed by atoms with Crippen LogP contribution in [0.1, 0.15) is 18.4 Å². The van der Waals surface area contributed by atoms with E-state index in [-0.39, 0.29) is 30.1 Å². The Kier molecular flexibility index (Phi) is 6.72. The summed E-state index contributed by atoms with van der Waals surface area (Å²) in [6.45, 7) is -2.65. The van der Waals surface area contributed by atoms with Gasteiger partial charge in [-0.1, -0.05) is 22.0 Å². The van der Waals surface area contributed by atoms with Crippen molar-refractivity contribution in [3.05, 3.63) is 52.5 Å². The smallest absolute Gasteiger partial charge is 0.387 e. The number of ether oxygens (including phenoxy) is 3. The third-order valence-corrected chi connectivity index (χ3v) is 4.81. The maximum Gasteiger partial charge on any atom is 0.387 e. The van der Waals surface area contributed by atoms with Crippen molar-refractivity contribution >= 4 is 21.8 Å². The van der Waals surface area contributed by atoms with Gasteiger partial charge in [0.2, 0.25) is 0 Å². The summed E-state index contributed by atoms with van der Waals surface area (Å²) in [6.07, 6.45) is 1.88. The molecule has 1 aliphatic carbocycles. The van der Waals surface area contributed by atoms with Gasteiger partial charge in [0.1, 0.15) is 5.75 Å². The van der Waals surface area contributed by atoms with Crippen molar-refractivity contribution in [2.45, 2.75) is 32.0 Å². The minimum Gasteiger partial charge on any atom is -0.493 e. The predicted molar refractivity (Wildman–Crippen MR) is 103 cm³/mol. The Labute approximate surface area is 170 Å². The molecule has 0 N–H and O–H groups in total. The summed E-state index contributed by atoms with van der Waals surface area (Å²) in [5, 5.41) is 0. The second-order valence-electron chi connectivity index (χ2n) is 6.36. The Morgan fingerprint density at radius 1 is 1.18 bits per heavy atom. The van der Waals surface area contributed by atoms with Gasteiger partial charge in [-0.3, -0.25) is 4.79 Å². The summed E-state index contributed by atoms with van der Waals surface area (Å²) in [4.78, 5) is 14.4. The number of amides is 1. The van der Waals surface area contributed by atoms with E-state index < -0.39 is 6.61 Å². The molecule has 0 aliphatic heterocycles. The van der Waals surface area contributed by atoms with Crippen LogP contribution in [0.2, 0.25) is 0 Å². The van der Waals surface area contributed by atoms with E-state index in [1.165, 1.54) is 13.2 Å². The molecule has 0 atom stereocenters. The van der Waals surface area contributed by atoms with Crippen molar-refractivity contribution in [3.8, 4) is 17.2 Å². The molecular formula is C20H20BrF2NO4. The third-order valence-electron chi connectivity index (χ3n) is 4.28. The van der Waals surface area contributed by atoms with Crippen LogP contribution in [0, 0.1) is 0 Å². The van der Waals surface area contributed by atoms with E-state index in [0.29, 0.717) is 12.3 Å². The Hall–Kier alpha value is -2.35. The second-order valence-corrected chi connectivity index (χ2v) is 7.27. The van der Waals surface area contributed by atoms with Crippen LogP contribution < -0.4 is 14.2 Å². The van der Waals surface area contributed by atoms with Crippen LogP contribution in [-0.4, -0.2) is 37.2 Å². The Bertz CT molecular complexity index is 812. The van der Waals surface area contributed by atoms with Crippen LogP contribution in [0.4, 0.5) is 8.78 Å². The van der Waals surface area contributed by atoms with Crippen molar-refractivity contribution in [1.82, 2.24) is 4.90 Å². The summed E-state index contributed by atoms with van der Waals surface area (Å²) >= 11 is 3.35. The number of nitrogens with zero attached hydrogens (tertiary/aromatic N) is 1. The molecule has 150 valence electrons. The highest BCUT2D eigenvalue weighted by molar-refractivity contribution is 9.10. The Balaban J connectivity index is 1.65. The van der Waals surface area contributed by atoms with E-state index >= 15 is 0 Å². The van der Waals surface area contributed by atoms with Crippen LogP contribution in [-0.2, 0) is 11.3 Å². The molecule has 2 aromatic rings. The first kappa shape index (κ1) is 20.4. The molecule has 0 unspecified atom stereocenters. The minimum atomic E-state index is -2.93. The molecule has 8 heteroatoms. The number of halogens is 3. The fraction of sp³-hybridized carbons (Fsp3) is 0.350.